The average Bonchev–Trinajstić information content (AvgIpc) is 2.65. The van der Waals surface area contributed by atoms with Crippen molar-refractivity contribution in [1.29, 1.82) is 0 Å². The minimum Gasteiger partial charge on any atom is -0.268 e. The molecule has 2 aromatic carbocycles. The van der Waals surface area contributed by atoms with E-state index >= 15 is 0 Å². The molecule has 0 aliphatic carbocycles. The van der Waals surface area contributed by atoms with E-state index in [-0.39, 0.29) is 11.8 Å². The number of nitrogens with zero attached hydrogens (tertiary/aromatic N) is 1. The van der Waals surface area contributed by atoms with E-state index in [0.29, 0.717) is 16.8 Å². The number of amides is 2. The maximum Gasteiger partial charge on any atom is 0.266 e. The summed E-state index contributed by atoms with van der Waals surface area (Å²) in [5.41, 5.74) is 4.76. The molecule has 3 nitrogen and oxygen atoms in total. The quantitative estimate of drug-likeness (QED) is 0.741. The summed E-state index contributed by atoms with van der Waals surface area (Å²) in [5, 5.41) is 0. The third-order valence-electron chi connectivity index (χ3n) is 3.79. The van der Waals surface area contributed by atoms with Gasteiger partial charge >= 0.3 is 0 Å². The Morgan fingerprint density at radius 1 is 0.750 bits per heavy atom. The minimum atomic E-state index is -0.239. The number of benzene rings is 2. The predicted molar refractivity (Wildman–Crippen MR) is 78.2 cm³/mol. The Bertz CT molecular complexity index is 688. The van der Waals surface area contributed by atoms with Crippen LogP contribution in [0.25, 0.3) is 0 Å². The van der Waals surface area contributed by atoms with Gasteiger partial charge in [0, 0.05) is 0 Å². The standard InChI is InChI=1S/C17H15NO2/c1-10-4-6-13(7-5-10)18-16(19)14-8-11(2)12(3)9-15(14)17(18)20/h4-9H,1-3H3. The first-order valence-electron chi connectivity index (χ1n) is 6.56. The smallest absolute Gasteiger partial charge is 0.266 e. The highest BCUT2D eigenvalue weighted by atomic mass is 16.2. The lowest BCUT2D eigenvalue weighted by Crippen LogP contribution is -2.29. The second-order valence-corrected chi connectivity index (χ2v) is 5.26. The molecule has 0 radical (unpaired) electrons. The molecule has 20 heavy (non-hydrogen) atoms. The largest absolute Gasteiger partial charge is 0.268 e. The van der Waals surface area contributed by atoms with Crippen molar-refractivity contribution in [3.63, 3.8) is 0 Å². The van der Waals surface area contributed by atoms with E-state index in [1.807, 2.05) is 32.9 Å². The first-order chi connectivity index (χ1) is 9.49. The normalized spacial score (nSPS) is 13.8. The summed E-state index contributed by atoms with van der Waals surface area (Å²) in [6.45, 7) is 5.86. The molecule has 1 heterocycles. The Hall–Kier alpha value is -2.42. The van der Waals surface area contributed by atoms with Crippen LogP contribution >= 0.6 is 0 Å². The lowest BCUT2D eigenvalue weighted by molar-refractivity contribution is 0.0926. The Morgan fingerprint density at radius 2 is 1.20 bits per heavy atom. The van der Waals surface area contributed by atoms with Crippen molar-refractivity contribution in [2.24, 2.45) is 0 Å². The molecule has 1 aliphatic rings. The van der Waals surface area contributed by atoms with Crippen LogP contribution in [0.1, 0.15) is 37.4 Å². The van der Waals surface area contributed by atoms with Gasteiger partial charge in [-0.15, -0.1) is 0 Å². The summed E-state index contributed by atoms with van der Waals surface area (Å²) in [4.78, 5) is 26.2. The minimum absolute atomic E-state index is 0.239. The molecule has 3 rings (SSSR count). The molecule has 2 amide bonds. The van der Waals surface area contributed by atoms with Gasteiger partial charge in [0.1, 0.15) is 0 Å². The lowest BCUT2D eigenvalue weighted by atomic mass is 10.0. The fourth-order valence-electron chi connectivity index (χ4n) is 2.43. The zero-order chi connectivity index (χ0) is 14.4. The highest BCUT2D eigenvalue weighted by Crippen LogP contribution is 2.30. The van der Waals surface area contributed by atoms with Crippen molar-refractivity contribution in [2.75, 3.05) is 4.90 Å². The van der Waals surface area contributed by atoms with Crippen LogP contribution in [0.4, 0.5) is 5.69 Å². The topological polar surface area (TPSA) is 37.4 Å². The van der Waals surface area contributed by atoms with Crippen LogP contribution in [-0.4, -0.2) is 11.8 Å². The summed E-state index contributed by atoms with van der Waals surface area (Å²) in [6, 6.07) is 11.0. The molecule has 2 aromatic rings. The Morgan fingerprint density at radius 3 is 1.65 bits per heavy atom. The molecule has 1 aliphatic heterocycles. The maximum absolute atomic E-state index is 12.5. The number of hydrogen-bond donors (Lipinski definition) is 0. The zero-order valence-corrected chi connectivity index (χ0v) is 11.7. The SMILES string of the molecule is Cc1ccc(N2C(=O)c3cc(C)c(C)cc3C2=O)cc1. The Balaban J connectivity index is 2.12. The van der Waals surface area contributed by atoms with Crippen LogP contribution < -0.4 is 4.90 Å². The number of carbonyl (C=O) groups is 2. The number of hydrogen-bond acceptors (Lipinski definition) is 2. The number of fused-ring (bicyclic) bond motifs is 1. The third-order valence-corrected chi connectivity index (χ3v) is 3.79. The molecule has 0 N–H and O–H groups in total. The molecule has 0 aromatic heterocycles. The number of anilines is 1. The van der Waals surface area contributed by atoms with E-state index < -0.39 is 0 Å². The van der Waals surface area contributed by atoms with Crippen molar-refractivity contribution in [3.8, 4) is 0 Å². The van der Waals surface area contributed by atoms with Crippen LogP contribution in [-0.2, 0) is 0 Å². The molecule has 3 heteroatoms. The van der Waals surface area contributed by atoms with Crippen molar-refractivity contribution < 1.29 is 9.59 Å². The van der Waals surface area contributed by atoms with Crippen LogP contribution in [0, 0.1) is 20.8 Å². The van der Waals surface area contributed by atoms with E-state index in [9.17, 15) is 9.59 Å². The fraction of sp³-hybridized carbons (Fsp3) is 0.176. The number of aryl methyl sites for hydroxylation is 3. The van der Waals surface area contributed by atoms with Gasteiger partial charge in [-0.25, -0.2) is 4.90 Å². The third kappa shape index (κ3) is 1.74. The van der Waals surface area contributed by atoms with E-state index in [4.69, 9.17) is 0 Å². The van der Waals surface area contributed by atoms with Crippen LogP contribution in [0.3, 0.4) is 0 Å². The average molecular weight is 265 g/mol. The van der Waals surface area contributed by atoms with Crippen molar-refractivity contribution in [3.05, 3.63) is 64.2 Å². The lowest BCUT2D eigenvalue weighted by Gasteiger charge is -2.13. The van der Waals surface area contributed by atoms with Gasteiger partial charge in [0.2, 0.25) is 0 Å². The highest BCUT2D eigenvalue weighted by Gasteiger charge is 2.36. The van der Waals surface area contributed by atoms with E-state index in [2.05, 4.69) is 0 Å². The summed E-state index contributed by atoms with van der Waals surface area (Å²) in [5.74, 6) is -0.478. The number of carbonyl (C=O) groups excluding carboxylic acids is 2. The molecular formula is C17H15NO2. The van der Waals surface area contributed by atoms with Gasteiger partial charge in [-0.3, -0.25) is 9.59 Å². The summed E-state index contributed by atoms with van der Waals surface area (Å²) >= 11 is 0. The number of imide groups is 1. The molecule has 0 atom stereocenters. The molecule has 0 saturated carbocycles. The van der Waals surface area contributed by atoms with E-state index in [1.165, 1.54) is 4.90 Å². The van der Waals surface area contributed by atoms with Crippen molar-refractivity contribution in [1.82, 2.24) is 0 Å². The maximum atomic E-state index is 12.5. The van der Waals surface area contributed by atoms with E-state index in [1.54, 1.807) is 24.3 Å². The highest BCUT2D eigenvalue weighted by molar-refractivity contribution is 6.34. The van der Waals surface area contributed by atoms with Crippen molar-refractivity contribution >= 4 is 17.5 Å². The second kappa shape index (κ2) is 4.30. The molecule has 0 spiro atoms. The van der Waals surface area contributed by atoms with Crippen LogP contribution in [0.5, 0.6) is 0 Å². The number of rotatable bonds is 1. The summed E-state index contributed by atoms with van der Waals surface area (Å²) < 4.78 is 0. The van der Waals surface area contributed by atoms with Gasteiger partial charge in [0.25, 0.3) is 11.8 Å². The van der Waals surface area contributed by atoms with Gasteiger partial charge in [-0.1, -0.05) is 17.7 Å². The van der Waals surface area contributed by atoms with Gasteiger partial charge in [0.05, 0.1) is 16.8 Å². The fourth-order valence-corrected chi connectivity index (χ4v) is 2.43. The molecule has 100 valence electrons. The summed E-state index contributed by atoms with van der Waals surface area (Å²) in [6.07, 6.45) is 0. The molecule has 0 bridgehead atoms. The van der Waals surface area contributed by atoms with Crippen molar-refractivity contribution in [2.45, 2.75) is 20.8 Å². The first-order valence-corrected chi connectivity index (χ1v) is 6.56. The van der Waals surface area contributed by atoms with Crippen LogP contribution in [0.2, 0.25) is 0 Å². The van der Waals surface area contributed by atoms with E-state index in [0.717, 1.165) is 16.7 Å². The second-order valence-electron chi connectivity index (χ2n) is 5.26. The van der Waals surface area contributed by atoms with Gasteiger partial charge in [0.15, 0.2) is 0 Å². The first kappa shape index (κ1) is 12.6. The Labute approximate surface area is 117 Å². The molecular weight excluding hydrogens is 250 g/mol. The molecule has 0 unspecified atom stereocenters. The Kier molecular flexibility index (Phi) is 2.71. The predicted octanol–water partition coefficient (Wildman–Crippen LogP) is 3.41. The van der Waals surface area contributed by atoms with Gasteiger partial charge < -0.3 is 0 Å². The monoisotopic (exact) mass is 265 g/mol. The van der Waals surface area contributed by atoms with Gasteiger partial charge in [-0.05, 0) is 56.2 Å². The van der Waals surface area contributed by atoms with Crippen LogP contribution in [0.15, 0.2) is 36.4 Å². The molecule has 0 saturated heterocycles. The summed E-state index contributed by atoms with van der Waals surface area (Å²) in [7, 11) is 0. The zero-order valence-electron chi connectivity index (χ0n) is 11.7. The molecule has 0 fully saturated rings. The van der Waals surface area contributed by atoms with Gasteiger partial charge in [-0.2, -0.15) is 0 Å².